The summed E-state index contributed by atoms with van der Waals surface area (Å²) in [5.74, 6) is 2.45. The summed E-state index contributed by atoms with van der Waals surface area (Å²) in [5.41, 5.74) is 1.88. The van der Waals surface area contributed by atoms with E-state index in [4.69, 9.17) is 0 Å². The van der Waals surface area contributed by atoms with Gasteiger partial charge in [0.05, 0.1) is 0 Å². The van der Waals surface area contributed by atoms with Gasteiger partial charge in [0.2, 0.25) is 0 Å². The number of rotatable bonds is 0. The minimum atomic E-state index is 0.938. The van der Waals surface area contributed by atoms with Crippen molar-refractivity contribution in [2.24, 2.45) is 22.7 Å². The van der Waals surface area contributed by atoms with Crippen LogP contribution in [0.5, 0.6) is 0 Å². The molecule has 0 atom stereocenters. The molecule has 4 aliphatic carbocycles. The van der Waals surface area contributed by atoms with Gasteiger partial charge in [-0.2, -0.15) is 0 Å². The molecule has 0 aromatic heterocycles. The Morgan fingerprint density at radius 3 is 1.17 bits per heavy atom. The normalized spacial score (nSPS) is 101. The molecule has 4 saturated carbocycles. The lowest BCUT2D eigenvalue weighted by molar-refractivity contribution is 0.834. The molecule has 4 aliphatic rings. The molecule has 0 amide bonds. The first-order chi connectivity index (χ1) is 2.74. The molecule has 0 heterocycles. The second-order valence-electron chi connectivity index (χ2n) is 3.52. The van der Waals surface area contributed by atoms with Gasteiger partial charge < -0.3 is 0 Å². The predicted octanol–water partition coefficient (Wildman–Crippen LogP) is 1.27. The molecule has 0 saturated heterocycles. The lowest BCUT2D eigenvalue weighted by Gasteiger charge is -1.65. The third kappa shape index (κ3) is 0.0428. The van der Waals surface area contributed by atoms with Crippen LogP contribution in [0.1, 0.15) is 13.8 Å². The molecule has 0 aromatic rings. The zero-order chi connectivity index (χ0) is 4.15. The van der Waals surface area contributed by atoms with Gasteiger partial charge in [-0.05, 0) is 22.7 Å². The monoisotopic (exact) mass is 80.1 g/mol. The van der Waals surface area contributed by atoms with Crippen LogP contribution in [0.3, 0.4) is 0 Å². The first-order valence-corrected chi connectivity index (χ1v) is 2.74. The van der Waals surface area contributed by atoms with E-state index in [9.17, 15) is 0 Å². The zero-order valence-electron chi connectivity index (χ0n) is 4.15. The van der Waals surface area contributed by atoms with Crippen LogP contribution in [0.4, 0.5) is 0 Å². The molecule has 0 N–H and O–H groups in total. The molecule has 0 unspecified atom stereocenters. The number of hydrogen-bond acceptors (Lipinski definition) is 0. The van der Waals surface area contributed by atoms with Crippen molar-refractivity contribution >= 4 is 0 Å². The molecular weight excluding hydrogens is 72.1 g/mol. The van der Waals surface area contributed by atoms with Crippen LogP contribution < -0.4 is 0 Å². The van der Waals surface area contributed by atoms with Gasteiger partial charge in [-0.3, -0.25) is 0 Å². The largest absolute Gasteiger partial charge is 0.0585 e. The first kappa shape index (κ1) is 2.34. The highest BCUT2D eigenvalue weighted by atomic mass is 15.2. The third-order valence-corrected chi connectivity index (χ3v) is 3.69. The lowest BCUT2D eigenvalue weighted by atomic mass is 10.4. The Morgan fingerprint density at radius 2 is 1.17 bits per heavy atom. The van der Waals surface area contributed by atoms with Crippen molar-refractivity contribution in [3.05, 3.63) is 0 Å². The summed E-state index contributed by atoms with van der Waals surface area (Å²) in [6, 6.07) is 0. The zero-order valence-corrected chi connectivity index (χ0v) is 4.15. The van der Waals surface area contributed by atoms with E-state index in [0.29, 0.717) is 0 Å². The molecule has 0 aromatic carbocycles. The summed E-state index contributed by atoms with van der Waals surface area (Å²) >= 11 is 0. The van der Waals surface area contributed by atoms with E-state index in [2.05, 4.69) is 13.8 Å². The Hall–Kier alpha value is 0. The van der Waals surface area contributed by atoms with E-state index in [1.54, 1.807) is 0 Å². The van der Waals surface area contributed by atoms with Gasteiger partial charge in [0.15, 0.2) is 0 Å². The van der Waals surface area contributed by atoms with Crippen LogP contribution in [0.15, 0.2) is 0 Å². The van der Waals surface area contributed by atoms with Gasteiger partial charge in [-0.1, -0.05) is 13.8 Å². The summed E-state index contributed by atoms with van der Waals surface area (Å²) < 4.78 is 0. The summed E-state index contributed by atoms with van der Waals surface area (Å²) in [6.45, 7) is 4.84. The van der Waals surface area contributed by atoms with E-state index in [0.717, 1.165) is 10.8 Å². The maximum absolute atomic E-state index is 2.42. The van der Waals surface area contributed by atoms with Gasteiger partial charge in [-0.15, -0.1) is 0 Å². The summed E-state index contributed by atoms with van der Waals surface area (Å²) in [5, 5.41) is 0. The predicted molar refractivity (Wildman–Crippen MR) is 23.2 cm³/mol. The minimum Gasteiger partial charge on any atom is -0.0585 e. The highest BCUT2D eigenvalue weighted by Crippen LogP contribution is 3.17. The Kier molecular flexibility index (Phi) is 0.0965. The molecule has 6 heavy (non-hydrogen) atoms. The molecule has 4 fully saturated rings. The van der Waals surface area contributed by atoms with Crippen molar-refractivity contribution in [2.75, 3.05) is 0 Å². The van der Waals surface area contributed by atoms with Crippen LogP contribution in [0, 0.1) is 22.7 Å². The van der Waals surface area contributed by atoms with Crippen molar-refractivity contribution in [3.63, 3.8) is 0 Å². The van der Waals surface area contributed by atoms with Crippen molar-refractivity contribution in [3.8, 4) is 0 Å². The van der Waals surface area contributed by atoms with Crippen LogP contribution in [-0.2, 0) is 0 Å². The maximum atomic E-state index is 2.42. The summed E-state index contributed by atoms with van der Waals surface area (Å²) in [6.07, 6.45) is 0. The molecular formula is C6H8. The molecule has 4 rings (SSSR count). The molecule has 0 nitrogen and oxygen atoms in total. The molecule has 0 bridgehead atoms. The average molecular weight is 80.1 g/mol. The maximum Gasteiger partial charge on any atom is -0.0192 e. The fourth-order valence-corrected chi connectivity index (χ4v) is 2.53. The smallest absolute Gasteiger partial charge is 0.0192 e. The second-order valence-corrected chi connectivity index (χ2v) is 3.52. The Morgan fingerprint density at radius 1 is 1.00 bits per heavy atom. The average Bonchev–Trinajstić information content (AvgIpc) is 2.24. The van der Waals surface area contributed by atoms with Crippen LogP contribution in [0.2, 0.25) is 0 Å². The Labute approximate surface area is 37.5 Å². The van der Waals surface area contributed by atoms with Gasteiger partial charge >= 0.3 is 0 Å². The van der Waals surface area contributed by atoms with Gasteiger partial charge in [0, 0.05) is 0 Å². The van der Waals surface area contributed by atoms with E-state index in [1.165, 1.54) is 11.8 Å². The SMILES string of the molecule is CC12C3C1C32C. The fourth-order valence-electron chi connectivity index (χ4n) is 2.53. The van der Waals surface area contributed by atoms with E-state index < -0.39 is 0 Å². The Bertz CT molecular complexity index is 120. The van der Waals surface area contributed by atoms with Crippen LogP contribution in [0.25, 0.3) is 0 Å². The Balaban J connectivity index is 2.37. The second kappa shape index (κ2) is 0.247. The number of hydrogen-bond donors (Lipinski definition) is 0. The lowest BCUT2D eigenvalue weighted by Crippen LogP contribution is -1.58. The van der Waals surface area contributed by atoms with E-state index >= 15 is 0 Å². The van der Waals surface area contributed by atoms with E-state index in [1.807, 2.05) is 0 Å². The highest BCUT2D eigenvalue weighted by Gasteiger charge is 3.14. The quantitative estimate of drug-likeness (QED) is 0.411. The fraction of sp³-hybridized carbons (Fsp3) is 1.00. The van der Waals surface area contributed by atoms with Crippen LogP contribution >= 0.6 is 0 Å². The van der Waals surface area contributed by atoms with Crippen LogP contribution in [-0.4, -0.2) is 0 Å². The minimum absolute atomic E-state index is 0.938. The molecule has 0 aliphatic heterocycles. The molecule has 32 valence electrons. The third-order valence-electron chi connectivity index (χ3n) is 3.69. The van der Waals surface area contributed by atoms with Crippen molar-refractivity contribution < 1.29 is 0 Å². The first-order valence-electron chi connectivity index (χ1n) is 2.74. The van der Waals surface area contributed by atoms with Gasteiger partial charge in [0.1, 0.15) is 0 Å². The summed E-state index contributed by atoms with van der Waals surface area (Å²) in [4.78, 5) is 0. The van der Waals surface area contributed by atoms with Gasteiger partial charge in [-0.25, -0.2) is 0 Å². The van der Waals surface area contributed by atoms with Crippen molar-refractivity contribution in [2.45, 2.75) is 13.8 Å². The van der Waals surface area contributed by atoms with Gasteiger partial charge in [0.25, 0.3) is 0 Å². The van der Waals surface area contributed by atoms with E-state index in [-0.39, 0.29) is 0 Å². The van der Waals surface area contributed by atoms with Crippen molar-refractivity contribution in [1.82, 2.24) is 0 Å². The standard InChI is InChI=1S/C6H8/c1-5-3-4(5)6(3,5)2/h3-4H,1-2H3. The van der Waals surface area contributed by atoms with Crippen molar-refractivity contribution in [1.29, 1.82) is 0 Å². The topological polar surface area (TPSA) is 0 Å². The molecule has 0 radical (unpaired) electrons. The highest BCUT2D eigenvalue weighted by molar-refractivity contribution is 5.60. The molecule has 0 spiro atoms. The molecule has 0 heteroatoms. The summed E-state index contributed by atoms with van der Waals surface area (Å²) in [7, 11) is 0.